The normalized spacial score (nSPS) is 22.8. The zero-order valence-electron chi connectivity index (χ0n) is 19.3. The molecule has 0 aliphatic carbocycles. The first kappa shape index (κ1) is 23.2. The lowest BCUT2D eigenvalue weighted by atomic mass is 10.00. The van der Waals surface area contributed by atoms with E-state index in [4.69, 9.17) is 11.1 Å². The number of benzene rings is 1. The molecule has 0 spiro atoms. The fourth-order valence-electron chi connectivity index (χ4n) is 5.08. The topological polar surface area (TPSA) is 150 Å². The van der Waals surface area contributed by atoms with Crippen LogP contribution in [0.4, 0.5) is 11.8 Å². The van der Waals surface area contributed by atoms with Crippen molar-refractivity contribution in [1.82, 2.24) is 19.3 Å². The molecule has 0 radical (unpaired) electrons. The van der Waals surface area contributed by atoms with E-state index in [-0.39, 0.29) is 28.9 Å². The molecule has 4 heterocycles. The van der Waals surface area contributed by atoms with Crippen molar-refractivity contribution in [3.63, 3.8) is 0 Å². The van der Waals surface area contributed by atoms with Gasteiger partial charge in [0.1, 0.15) is 16.5 Å². The Morgan fingerprint density at radius 1 is 1.14 bits per heavy atom. The number of allylic oxidation sites excluding steroid dienone is 1. The number of fused-ring (bicyclic) bond motifs is 3. The van der Waals surface area contributed by atoms with Gasteiger partial charge in [0, 0.05) is 41.6 Å². The number of amidine groups is 1. The molecule has 5 N–H and O–H groups in total. The van der Waals surface area contributed by atoms with Gasteiger partial charge in [0.2, 0.25) is 16.0 Å². The van der Waals surface area contributed by atoms with E-state index in [0.717, 1.165) is 23.7 Å². The first-order valence-corrected chi connectivity index (χ1v) is 13.0. The summed E-state index contributed by atoms with van der Waals surface area (Å²) in [4.78, 5) is 13.5. The van der Waals surface area contributed by atoms with E-state index in [2.05, 4.69) is 25.6 Å². The number of rotatable bonds is 6. The van der Waals surface area contributed by atoms with Gasteiger partial charge in [0.25, 0.3) is 0 Å². The Labute approximate surface area is 204 Å². The van der Waals surface area contributed by atoms with Gasteiger partial charge in [-0.05, 0) is 62.9 Å². The molecule has 0 saturated carbocycles. The maximum absolute atomic E-state index is 13.3. The van der Waals surface area contributed by atoms with E-state index in [9.17, 15) is 8.42 Å². The van der Waals surface area contributed by atoms with Gasteiger partial charge < -0.3 is 16.4 Å². The first-order valence-electron chi connectivity index (χ1n) is 11.6. The Bertz CT molecular complexity index is 1380. The number of piperidine rings is 1. The van der Waals surface area contributed by atoms with Gasteiger partial charge in [0.15, 0.2) is 0 Å². The van der Waals surface area contributed by atoms with Gasteiger partial charge in [-0.3, -0.25) is 10.4 Å². The zero-order chi connectivity index (χ0) is 24.6. The van der Waals surface area contributed by atoms with Crippen LogP contribution in [0.3, 0.4) is 0 Å². The van der Waals surface area contributed by atoms with E-state index >= 15 is 0 Å². The van der Waals surface area contributed by atoms with Crippen molar-refractivity contribution in [1.29, 1.82) is 5.41 Å². The molecule has 10 nitrogen and oxygen atoms in total. The minimum atomic E-state index is -3.59. The molecule has 5 rings (SSSR count). The van der Waals surface area contributed by atoms with Crippen LogP contribution in [0.5, 0.6) is 0 Å². The number of anilines is 2. The van der Waals surface area contributed by atoms with Crippen LogP contribution in [-0.4, -0.2) is 51.6 Å². The molecule has 2 bridgehead atoms. The van der Waals surface area contributed by atoms with E-state index in [1.807, 2.05) is 24.3 Å². The van der Waals surface area contributed by atoms with Crippen LogP contribution in [0.15, 0.2) is 65.5 Å². The Hall–Kier alpha value is -3.57. The van der Waals surface area contributed by atoms with Crippen LogP contribution in [0.2, 0.25) is 0 Å². The fourth-order valence-corrected chi connectivity index (χ4v) is 6.93. The summed E-state index contributed by atoms with van der Waals surface area (Å²) in [6, 6.07) is 10.7. The van der Waals surface area contributed by atoms with Crippen LogP contribution in [-0.2, 0) is 10.0 Å². The Morgan fingerprint density at radius 3 is 2.57 bits per heavy atom. The minimum absolute atomic E-state index is 0.0347. The fraction of sp³-hybridized carbons (Fsp3) is 0.333. The summed E-state index contributed by atoms with van der Waals surface area (Å²) in [7, 11) is -3.59. The molecule has 1 aromatic carbocycles. The molecule has 2 aromatic heterocycles. The molecule has 182 valence electrons. The number of hydrogen-bond acceptors (Lipinski definition) is 8. The van der Waals surface area contributed by atoms with E-state index in [0.29, 0.717) is 30.3 Å². The summed E-state index contributed by atoms with van der Waals surface area (Å²) in [5.74, 6) is 1.09. The van der Waals surface area contributed by atoms with Crippen LogP contribution in [0.25, 0.3) is 10.9 Å². The third-order valence-electron chi connectivity index (χ3n) is 6.44. The third-order valence-corrected chi connectivity index (χ3v) is 8.43. The largest absolute Gasteiger partial charge is 0.402 e. The Balaban J connectivity index is 1.37. The predicted molar refractivity (Wildman–Crippen MR) is 136 cm³/mol. The van der Waals surface area contributed by atoms with Gasteiger partial charge in [-0.25, -0.2) is 13.4 Å². The number of nitrogens with two attached hydrogens (primary N) is 1. The van der Waals surface area contributed by atoms with E-state index in [1.54, 1.807) is 29.6 Å². The number of aromatic nitrogens is 3. The molecule has 0 amide bonds. The second kappa shape index (κ2) is 9.23. The highest BCUT2D eigenvalue weighted by molar-refractivity contribution is 7.89. The van der Waals surface area contributed by atoms with Crippen molar-refractivity contribution in [2.45, 2.75) is 55.6 Å². The Kier molecular flexibility index (Phi) is 6.12. The van der Waals surface area contributed by atoms with Crippen molar-refractivity contribution < 1.29 is 8.42 Å². The van der Waals surface area contributed by atoms with E-state index < -0.39 is 10.0 Å². The number of nitrogens with zero attached hydrogens (tertiary/aromatic N) is 4. The van der Waals surface area contributed by atoms with Gasteiger partial charge >= 0.3 is 0 Å². The molecule has 2 fully saturated rings. The number of hydrogen-bond donors (Lipinski definition) is 4. The average molecular weight is 493 g/mol. The van der Waals surface area contributed by atoms with Crippen LogP contribution < -0.4 is 16.4 Å². The molecule has 11 heteroatoms. The highest BCUT2D eigenvalue weighted by atomic mass is 32.2. The molecule has 3 atom stereocenters. The highest BCUT2D eigenvalue weighted by Gasteiger charge is 2.47. The van der Waals surface area contributed by atoms with Crippen molar-refractivity contribution in [3.05, 3.63) is 60.6 Å². The van der Waals surface area contributed by atoms with Crippen molar-refractivity contribution in [2.75, 3.05) is 10.6 Å². The number of pyridine rings is 1. The monoisotopic (exact) mass is 492 g/mol. The second-order valence-corrected chi connectivity index (χ2v) is 10.9. The van der Waals surface area contributed by atoms with Gasteiger partial charge in [-0.1, -0.05) is 12.1 Å². The summed E-state index contributed by atoms with van der Waals surface area (Å²) in [5, 5.41) is 15.4. The lowest BCUT2D eigenvalue weighted by Gasteiger charge is -2.38. The lowest BCUT2D eigenvalue weighted by molar-refractivity contribution is 0.234. The van der Waals surface area contributed by atoms with Crippen LogP contribution in [0, 0.1) is 5.41 Å². The zero-order valence-corrected chi connectivity index (χ0v) is 20.2. The van der Waals surface area contributed by atoms with E-state index in [1.165, 1.54) is 12.3 Å². The van der Waals surface area contributed by atoms with Gasteiger partial charge in [-0.2, -0.15) is 9.29 Å². The maximum atomic E-state index is 13.3. The standard InChI is InChI=1S/C24H28N8O2S/c1-15(25)11-22(26)30-23-20-6-2-3-7-21(20)29-24(31-23)28-16-12-17-8-9-18(13-16)32(17)35(33,34)19-5-4-10-27-14-19/h2-7,10-11,14,16-18H,8-9,12-13,25H2,1H3,(H3,26,28,29,30,31)/b15-11-/t16-,17-,18+. The summed E-state index contributed by atoms with van der Waals surface area (Å²) in [5.41, 5.74) is 6.97. The smallest absolute Gasteiger partial charge is 0.245 e. The molecule has 0 unspecified atom stereocenters. The summed E-state index contributed by atoms with van der Waals surface area (Å²) in [6.45, 7) is 1.72. The molecule has 3 aromatic rings. The van der Waals surface area contributed by atoms with Crippen LogP contribution in [0.1, 0.15) is 32.6 Å². The number of para-hydroxylation sites is 1. The van der Waals surface area contributed by atoms with Crippen molar-refractivity contribution >= 4 is 38.5 Å². The molecule has 2 saturated heterocycles. The third kappa shape index (κ3) is 4.69. The minimum Gasteiger partial charge on any atom is -0.402 e. The molecular weight excluding hydrogens is 464 g/mol. The van der Waals surface area contributed by atoms with Crippen molar-refractivity contribution in [3.8, 4) is 0 Å². The molecule has 2 aliphatic heterocycles. The molecule has 35 heavy (non-hydrogen) atoms. The first-order chi connectivity index (χ1) is 16.8. The quantitative estimate of drug-likeness (QED) is 0.303. The average Bonchev–Trinajstić information content (AvgIpc) is 3.11. The highest BCUT2D eigenvalue weighted by Crippen LogP contribution is 2.40. The number of sulfonamides is 1. The summed E-state index contributed by atoms with van der Waals surface area (Å²) in [6.07, 6.45) is 7.51. The molecular formula is C24H28N8O2S. The van der Waals surface area contributed by atoms with Crippen molar-refractivity contribution in [2.24, 2.45) is 5.73 Å². The van der Waals surface area contributed by atoms with Crippen LogP contribution >= 0.6 is 0 Å². The van der Waals surface area contributed by atoms with Gasteiger partial charge in [-0.15, -0.1) is 0 Å². The second-order valence-electron chi connectivity index (χ2n) is 9.06. The maximum Gasteiger partial charge on any atom is 0.245 e. The lowest BCUT2D eigenvalue weighted by Crippen LogP contribution is -2.49. The summed E-state index contributed by atoms with van der Waals surface area (Å²) < 4.78 is 28.2. The Morgan fingerprint density at radius 2 is 1.89 bits per heavy atom. The summed E-state index contributed by atoms with van der Waals surface area (Å²) >= 11 is 0. The molecule has 2 aliphatic rings. The SMILES string of the molecule is C/C(N)=C/C(=N)Nc1nc(N[C@@H]2C[C@H]3CC[C@@H](C2)N3S(=O)(=O)c2cccnc2)nc2ccccc12. The number of nitrogens with one attached hydrogen (secondary N) is 3. The van der Waals surface area contributed by atoms with Gasteiger partial charge in [0.05, 0.1) is 5.52 Å². The predicted octanol–water partition coefficient (Wildman–Crippen LogP) is 3.07.